The second-order valence-electron chi connectivity index (χ2n) is 7.38. The second-order valence-corrected chi connectivity index (χ2v) is 7.79. The molecule has 2 aromatic heterocycles. The number of ether oxygens (including phenoxy) is 1. The highest BCUT2D eigenvalue weighted by Gasteiger charge is 2.33. The van der Waals surface area contributed by atoms with E-state index in [-0.39, 0.29) is 30.0 Å². The van der Waals surface area contributed by atoms with E-state index in [0.29, 0.717) is 29.3 Å². The van der Waals surface area contributed by atoms with E-state index >= 15 is 0 Å². The van der Waals surface area contributed by atoms with Gasteiger partial charge in [0.25, 0.3) is 0 Å². The molecule has 7 nitrogen and oxygen atoms in total. The molecule has 2 N–H and O–H groups in total. The number of benzene rings is 1. The fourth-order valence-electron chi connectivity index (χ4n) is 3.60. The van der Waals surface area contributed by atoms with Crippen molar-refractivity contribution in [1.29, 1.82) is 5.26 Å². The van der Waals surface area contributed by atoms with Crippen molar-refractivity contribution in [3.8, 4) is 11.8 Å². The third kappa shape index (κ3) is 4.56. The van der Waals surface area contributed by atoms with Crippen LogP contribution in [0.25, 0.3) is 11.0 Å². The summed E-state index contributed by atoms with van der Waals surface area (Å²) in [5.41, 5.74) is 7.52. The van der Waals surface area contributed by atoms with Crippen molar-refractivity contribution in [2.24, 2.45) is 5.73 Å². The summed E-state index contributed by atoms with van der Waals surface area (Å²) in [5, 5.41) is 8.72. The highest BCUT2D eigenvalue weighted by atomic mass is 35.5. The van der Waals surface area contributed by atoms with Gasteiger partial charge in [0.05, 0.1) is 39.9 Å². The molecule has 1 fully saturated rings. The van der Waals surface area contributed by atoms with Crippen LogP contribution in [0.3, 0.4) is 0 Å². The molecule has 0 spiro atoms. The van der Waals surface area contributed by atoms with Gasteiger partial charge >= 0.3 is 6.36 Å². The molecule has 1 aromatic carbocycles. The van der Waals surface area contributed by atoms with Gasteiger partial charge in [0.15, 0.2) is 0 Å². The van der Waals surface area contributed by atoms with E-state index in [4.69, 9.17) is 22.6 Å². The molecule has 2 atom stereocenters. The van der Waals surface area contributed by atoms with E-state index in [1.807, 2.05) is 6.07 Å². The van der Waals surface area contributed by atoms with Gasteiger partial charge in [0, 0.05) is 25.4 Å². The molecule has 0 radical (unpaired) electrons. The summed E-state index contributed by atoms with van der Waals surface area (Å²) in [4.78, 5) is 10.5. The van der Waals surface area contributed by atoms with E-state index in [9.17, 15) is 17.6 Å². The number of nitrogens with zero attached hydrogens (tertiary/aromatic N) is 5. The fourth-order valence-corrected chi connectivity index (χ4v) is 3.79. The molecule has 12 heteroatoms. The minimum Gasteiger partial charge on any atom is -0.404 e. The Bertz CT molecular complexity index is 1170. The monoisotopic (exact) mass is 468 g/mol. The Morgan fingerprint density at radius 1 is 1.31 bits per heavy atom. The number of anilines is 1. The zero-order valence-corrected chi connectivity index (χ0v) is 17.2. The van der Waals surface area contributed by atoms with Gasteiger partial charge in [-0.2, -0.15) is 5.26 Å². The number of alkyl halides is 4. The average Bonchev–Trinajstić information content (AvgIpc) is 3.07. The second kappa shape index (κ2) is 8.44. The first-order chi connectivity index (χ1) is 15.1. The van der Waals surface area contributed by atoms with Crippen LogP contribution in [0.5, 0.6) is 5.75 Å². The van der Waals surface area contributed by atoms with Crippen LogP contribution in [0.2, 0.25) is 5.02 Å². The number of imidazole rings is 1. The van der Waals surface area contributed by atoms with E-state index in [1.54, 1.807) is 21.6 Å². The van der Waals surface area contributed by atoms with Crippen LogP contribution in [-0.4, -0.2) is 46.2 Å². The van der Waals surface area contributed by atoms with Crippen LogP contribution in [0, 0.1) is 11.3 Å². The van der Waals surface area contributed by atoms with Gasteiger partial charge in [-0.15, -0.1) is 13.2 Å². The third-order valence-electron chi connectivity index (χ3n) is 5.13. The van der Waals surface area contributed by atoms with Gasteiger partial charge in [-0.05, 0) is 24.6 Å². The number of fused-ring (bicyclic) bond motifs is 1. The van der Waals surface area contributed by atoms with Crippen LogP contribution in [0.4, 0.5) is 23.5 Å². The fraction of sp³-hybridized carbons (Fsp3) is 0.350. The Kier molecular flexibility index (Phi) is 5.83. The molecule has 0 bridgehead atoms. The number of nitriles is 1. The van der Waals surface area contributed by atoms with Crippen LogP contribution in [-0.2, 0) is 6.54 Å². The zero-order valence-electron chi connectivity index (χ0n) is 16.5. The van der Waals surface area contributed by atoms with Crippen molar-refractivity contribution in [1.82, 2.24) is 14.5 Å². The molecule has 1 aliphatic heterocycles. The first-order valence-corrected chi connectivity index (χ1v) is 9.97. The maximum Gasteiger partial charge on any atom is 0.573 e. The largest absolute Gasteiger partial charge is 0.573 e. The van der Waals surface area contributed by atoms with Crippen molar-refractivity contribution >= 4 is 28.6 Å². The summed E-state index contributed by atoms with van der Waals surface area (Å²) in [6.07, 6.45) is -4.44. The molecule has 0 saturated carbocycles. The quantitative estimate of drug-likeness (QED) is 0.586. The highest BCUT2D eigenvalue weighted by molar-refractivity contribution is 6.32. The maximum absolute atomic E-state index is 13.9. The summed E-state index contributed by atoms with van der Waals surface area (Å²) < 4.78 is 57.8. The van der Waals surface area contributed by atoms with Crippen LogP contribution in [0.1, 0.15) is 17.7 Å². The number of hydrogen-bond acceptors (Lipinski definition) is 6. The predicted molar refractivity (Wildman–Crippen MR) is 109 cm³/mol. The summed E-state index contributed by atoms with van der Waals surface area (Å²) >= 11 is 6.06. The van der Waals surface area contributed by atoms with Crippen molar-refractivity contribution < 1.29 is 22.3 Å². The number of halogens is 5. The van der Waals surface area contributed by atoms with Crippen molar-refractivity contribution in [2.75, 3.05) is 18.0 Å². The van der Waals surface area contributed by atoms with Gasteiger partial charge < -0.3 is 19.9 Å². The SMILES string of the molecule is N#Cc1ccc(Cn2c(N3CC[C@@H](F)[C@H](N)C3)nc3cc(OC(F)(F)F)c(Cl)cc32)nc1. The van der Waals surface area contributed by atoms with E-state index in [0.717, 1.165) is 6.07 Å². The molecule has 0 aliphatic carbocycles. The number of rotatable bonds is 4. The lowest BCUT2D eigenvalue weighted by Crippen LogP contribution is -2.50. The minimum absolute atomic E-state index is 0.185. The van der Waals surface area contributed by atoms with Crippen molar-refractivity contribution in [2.45, 2.75) is 31.5 Å². The molecule has 4 rings (SSSR count). The Balaban J connectivity index is 1.79. The Morgan fingerprint density at radius 2 is 2.09 bits per heavy atom. The number of nitrogens with two attached hydrogens (primary N) is 1. The Hall–Kier alpha value is -3.10. The maximum atomic E-state index is 13.9. The predicted octanol–water partition coefficient (Wildman–Crippen LogP) is 3.78. The lowest BCUT2D eigenvalue weighted by Gasteiger charge is -2.34. The molecule has 0 amide bonds. The minimum atomic E-state index is -4.91. The number of hydrogen-bond donors (Lipinski definition) is 1. The third-order valence-corrected chi connectivity index (χ3v) is 5.43. The summed E-state index contributed by atoms with van der Waals surface area (Å²) in [6, 6.07) is 6.97. The Morgan fingerprint density at radius 3 is 2.72 bits per heavy atom. The van der Waals surface area contributed by atoms with Crippen LogP contribution >= 0.6 is 11.6 Å². The summed E-state index contributed by atoms with van der Waals surface area (Å²) in [6.45, 7) is 0.710. The van der Waals surface area contributed by atoms with E-state index in [2.05, 4.69) is 14.7 Å². The lowest BCUT2D eigenvalue weighted by atomic mass is 10.1. The van der Waals surface area contributed by atoms with Crippen LogP contribution < -0.4 is 15.4 Å². The molecule has 32 heavy (non-hydrogen) atoms. The summed E-state index contributed by atoms with van der Waals surface area (Å²) in [7, 11) is 0. The van der Waals surface area contributed by atoms with Gasteiger partial charge in [-0.1, -0.05) is 11.6 Å². The van der Waals surface area contributed by atoms with Gasteiger partial charge in [0.1, 0.15) is 18.0 Å². The normalized spacial score (nSPS) is 19.2. The van der Waals surface area contributed by atoms with E-state index in [1.165, 1.54) is 12.3 Å². The van der Waals surface area contributed by atoms with Crippen LogP contribution in [0.15, 0.2) is 30.5 Å². The van der Waals surface area contributed by atoms with Gasteiger partial charge in [0.2, 0.25) is 5.95 Å². The highest BCUT2D eigenvalue weighted by Crippen LogP contribution is 2.36. The first-order valence-electron chi connectivity index (χ1n) is 9.60. The lowest BCUT2D eigenvalue weighted by molar-refractivity contribution is -0.274. The topological polar surface area (TPSA) is 93.0 Å². The molecule has 3 heterocycles. The molecule has 1 aliphatic rings. The van der Waals surface area contributed by atoms with Gasteiger partial charge in [-0.25, -0.2) is 9.37 Å². The van der Waals surface area contributed by atoms with Crippen molar-refractivity contribution in [3.05, 3.63) is 46.7 Å². The average molecular weight is 469 g/mol. The van der Waals surface area contributed by atoms with E-state index < -0.39 is 24.3 Å². The molecule has 3 aromatic rings. The standard InChI is InChI=1S/C20H17ClF4N6O/c21-13-5-17-16(6-18(13)32-20(23,24)25)29-19(30-4-3-14(22)15(27)10-30)31(17)9-12-2-1-11(7-26)8-28-12/h1-2,5-6,8,14-15H,3-4,9-10,27H2/t14-,15-/m1/s1. The molecule has 0 unspecified atom stereocenters. The number of aromatic nitrogens is 3. The number of pyridine rings is 1. The number of piperidine rings is 1. The Labute approximate surface area is 185 Å². The van der Waals surface area contributed by atoms with Gasteiger partial charge in [-0.3, -0.25) is 4.98 Å². The summed E-state index contributed by atoms with van der Waals surface area (Å²) in [5.74, 6) is -0.174. The zero-order chi connectivity index (χ0) is 23.0. The smallest absolute Gasteiger partial charge is 0.404 e. The first kappa shape index (κ1) is 22.1. The molecular formula is C20H17ClF4N6O. The van der Waals surface area contributed by atoms with Crippen molar-refractivity contribution in [3.63, 3.8) is 0 Å². The molecule has 168 valence electrons. The molecule has 1 saturated heterocycles. The molecular weight excluding hydrogens is 452 g/mol.